The number of benzene rings is 1. The lowest BCUT2D eigenvalue weighted by molar-refractivity contribution is 0.0378. The number of aromatic nitrogens is 5. The van der Waals surface area contributed by atoms with Crippen LogP contribution in [0.2, 0.25) is 0 Å². The molecular weight excluding hydrogens is 382 g/mol. The molecule has 2 N–H and O–H groups in total. The molecule has 0 amide bonds. The highest BCUT2D eigenvalue weighted by molar-refractivity contribution is 5.84. The Bertz CT molecular complexity index is 1210. The fraction of sp³-hybridized carbons (Fsp3) is 0.333. The summed E-state index contributed by atoms with van der Waals surface area (Å²) in [5.41, 5.74) is 2.93. The quantitative estimate of drug-likeness (QED) is 0.472. The molecule has 1 aromatic carbocycles. The van der Waals surface area contributed by atoms with Crippen LogP contribution in [0.1, 0.15) is 6.42 Å². The van der Waals surface area contributed by atoms with Gasteiger partial charge in [0.05, 0.1) is 18.9 Å². The second-order valence-corrected chi connectivity index (χ2v) is 7.30. The summed E-state index contributed by atoms with van der Waals surface area (Å²) >= 11 is 0. The second-order valence-electron chi connectivity index (χ2n) is 7.30. The number of nitrogens with one attached hydrogen (secondary N) is 2. The van der Waals surface area contributed by atoms with Crippen LogP contribution in [0.25, 0.3) is 28.1 Å². The van der Waals surface area contributed by atoms with E-state index in [0.717, 1.165) is 57.1 Å². The third-order valence-electron chi connectivity index (χ3n) is 5.32. The molecule has 1 aliphatic rings. The van der Waals surface area contributed by atoms with E-state index in [4.69, 9.17) is 4.74 Å². The summed E-state index contributed by atoms with van der Waals surface area (Å²) in [5, 5.41) is 3.34. The van der Waals surface area contributed by atoms with E-state index in [2.05, 4.69) is 30.2 Å². The van der Waals surface area contributed by atoms with Crippen molar-refractivity contribution in [1.82, 2.24) is 29.2 Å². The first-order chi connectivity index (χ1) is 14.8. The minimum absolute atomic E-state index is 0.268. The van der Waals surface area contributed by atoms with E-state index < -0.39 is 0 Å². The summed E-state index contributed by atoms with van der Waals surface area (Å²) < 4.78 is 7.12. The van der Waals surface area contributed by atoms with Crippen molar-refractivity contribution in [1.29, 1.82) is 0 Å². The number of imidazole rings is 1. The molecule has 1 fully saturated rings. The van der Waals surface area contributed by atoms with Crippen molar-refractivity contribution >= 4 is 22.6 Å². The number of H-pyrrole nitrogens is 1. The van der Waals surface area contributed by atoms with Crippen molar-refractivity contribution in [2.24, 2.45) is 0 Å². The van der Waals surface area contributed by atoms with Gasteiger partial charge in [-0.2, -0.15) is 0 Å². The van der Waals surface area contributed by atoms with Gasteiger partial charge in [0.2, 0.25) is 5.65 Å². The van der Waals surface area contributed by atoms with Crippen LogP contribution >= 0.6 is 0 Å². The Morgan fingerprint density at radius 2 is 1.93 bits per heavy atom. The van der Waals surface area contributed by atoms with Gasteiger partial charge in [0.25, 0.3) is 5.56 Å². The number of fused-ring (bicyclic) bond motifs is 3. The maximum absolute atomic E-state index is 12.7. The van der Waals surface area contributed by atoms with Crippen LogP contribution in [0.5, 0.6) is 0 Å². The third-order valence-corrected chi connectivity index (χ3v) is 5.32. The van der Waals surface area contributed by atoms with Crippen molar-refractivity contribution in [2.75, 3.05) is 44.7 Å². The van der Waals surface area contributed by atoms with E-state index >= 15 is 0 Å². The van der Waals surface area contributed by atoms with Gasteiger partial charge in [-0.05, 0) is 13.0 Å². The van der Waals surface area contributed by atoms with Gasteiger partial charge in [-0.3, -0.25) is 14.1 Å². The molecule has 5 rings (SSSR count). The SMILES string of the molecule is O=c1[nH]c2c(NCCCN3CCOCC3)ncnc2n2cc(-c3ccccc3)nc12. The molecule has 4 heterocycles. The predicted molar refractivity (Wildman–Crippen MR) is 115 cm³/mol. The fourth-order valence-electron chi connectivity index (χ4n) is 3.76. The van der Waals surface area contributed by atoms with E-state index in [1.165, 1.54) is 6.33 Å². The molecule has 0 unspecified atom stereocenters. The van der Waals surface area contributed by atoms with Gasteiger partial charge in [-0.15, -0.1) is 0 Å². The highest BCUT2D eigenvalue weighted by atomic mass is 16.5. The topological polar surface area (TPSA) is 100 Å². The summed E-state index contributed by atoms with van der Waals surface area (Å²) in [6, 6.07) is 9.78. The molecule has 154 valence electrons. The molecule has 9 nitrogen and oxygen atoms in total. The highest BCUT2D eigenvalue weighted by Gasteiger charge is 2.14. The zero-order valence-corrected chi connectivity index (χ0v) is 16.5. The molecule has 0 bridgehead atoms. The normalized spacial score (nSPS) is 15.1. The molecule has 3 aromatic heterocycles. The standard InChI is InChI=1S/C21H23N7O2/c29-21-20-25-16(15-5-2-1-3-6-15)13-28(20)19-17(26-21)18(23-14-24-19)22-7-4-8-27-9-11-30-12-10-27/h1-3,5-6,13-14H,4,7-12H2,(H,26,29)(H,22,23,24). The van der Waals surface area contributed by atoms with Crippen LogP contribution in [0, 0.1) is 0 Å². The van der Waals surface area contributed by atoms with Gasteiger partial charge >= 0.3 is 0 Å². The Kier molecular flexibility index (Phi) is 5.12. The van der Waals surface area contributed by atoms with Gasteiger partial charge in [-0.1, -0.05) is 30.3 Å². The molecule has 1 aliphatic heterocycles. The predicted octanol–water partition coefficient (Wildman–Crippen LogP) is 1.77. The third kappa shape index (κ3) is 3.64. The zero-order valence-electron chi connectivity index (χ0n) is 16.5. The smallest absolute Gasteiger partial charge is 0.292 e. The number of hydrogen-bond acceptors (Lipinski definition) is 7. The molecule has 0 atom stereocenters. The first kappa shape index (κ1) is 18.7. The average molecular weight is 405 g/mol. The Hall–Kier alpha value is -3.30. The summed E-state index contributed by atoms with van der Waals surface area (Å²) in [4.78, 5) is 31.2. The first-order valence-electron chi connectivity index (χ1n) is 10.1. The van der Waals surface area contributed by atoms with Gasteiger partial charge in [-0.25, -0.2) is 15.0 Å². The number of anilines is 1. The van der Waals surface area contributed by atoms with Crippen molar-refractivity contribution < 1.29 is 4.74 Å². The minimum Gasteiger partial charge on any atom is -0.379 e. The maximum atomic E-state index is 12.7. The lowest BCUT2D eigenvalue weighted by atomic mass is 10.2. The van der Waals surface area contributed by atoms with E-state index in [9.17, 15) is 4.79 Å². The van der Waals surface area contributed by atoms with E-state index in [1.54, 1.807) is 4.40 Å². The fourth-order valence-corrected chi connectivity index (χ4v) is 3.76. The van der Waals surface area contributed by atoms with Gasteiger partial charge in [0.1, 0.15) is 11.8 Å². The number of rotatable bonds is 6. The largest absolute Gasteiger partial charge is 0.379 e. The summed E-state index contributed by atoms with van der Waals surface area (Å²) in [5.74, 6) is 0.621. The van der Waals surface area contributed by atoms with Crippen molar-refractivity contribution in [3.8, 4) is 11.3 Å². The van der Waals surface area contributed by atoms with Crippen LogP contribution < -0.4 is 10.9 Å². The van der Waals surface area contributed by atoms with Crippen LogP contribution in [-0.2, 0) is 4.74 Å². The molecule has 9 heteroatoms. The van der Waals surface area contributed by atoms with Crippen LogP contribution in [0.15, 0.2) is 47.7 Å². The number of ether oxygens (including phenoxy) is 1. The Morgan fingerprint density at radius 3 is 2.77 bits per heavy atom. The lowest BCUT2D eigenvalue weighted by Gasteiger charge is -2.26. The van der Waals surface area contributed by atoms with Gasteiger partial charge < -0.3 is 15.0 Å². The number of morpholine rings is 1. The Morgan fingerprint density at radius 1 is 1.10 bits per heavy atom. The molecule has 0 radical (unpaired) electrons. The monoisotopic (exact) mass is 405 g/mol. The Balaban J connectivity index is 1.41. The molecular formula is C21H23N7O2. The van der Waals surface area contributed by atoms with Crippen molar-refractivity contribution in [2.45, 2.75) is 6.42 Å². The van der Waals surface area contributed by atoms with Crippen LogP contribution in [0.3, 0.4) is 0 Å². The van der Waals surface area contributed by atoms with E-state index in [0.29, 0.717) is 22.6 Å². The average Bonchev–Trinajstić information content (AvgIpc) is 3.25. The van der Waals surface area contributed by atoms with Crippen LogP contribution in [-0.4, -0.2) is 68.6 Å². The number of hydrogen-bond donors (Lipinski definition) is 2. The molecule has 1 saturated heterocycles. The van der Waals surface area contributed by atoms with Crippen LogP contribution in [0.4, 0.5) is 5.82 Å². The lowest BCUT2D eigenvalue weighted by Crippen LogP contribution is -2.37. The summed E-state index contributed by atoms with van der Waals surface area (Å²) in [7, 11) is 0. The maximum Gasteiger partial charge on any atom is 0.292 e. The van der Waals surface area contributed by atoms with Gasteiger partial charge in [0.15, 0.2) is 11.5 Å². The molecule has 0 aliphatic carbocycles. The molecule has 4 aromatic rings. The van der Waals surface area contributed by atoms with E-state index in [1.807, 2.05) is 36.5 Å². The summed E-state index contributed by atoms with van der Waals surface area (Å²) in [6.07, 6.45) is 4.32. The zero-order chi connectivity index (χ0) is 20.3. The minimum atomic E-state index is -0.268. The summed E-state index contributed by atoms with van der Waals surface area (Å²) in [6.45, 7) is 5.32. The number of nitrogens with zero attached hydrogens (tertiary/aromatic N) is 5. The number of aromatic amines is 1. The van der Waals surface area contributed by atoms with Crippen molar-refractivity contribution in [3.63, 3.8) is 0 Å². The molecule has 30 heavy (non-hydrogen) atoms. The first-order valence-corrected chi connectivity index (χ1v) is 10.1. The Labute approximate surface area is 172 Å². The highest BCUT2D eigenvalue weighted by Crippen LogP contribution is 2.21. The second kappa shape index (κ2) is 8.21. The van der Waals surface area contributed by atoms with E-state index in [-0.39, 0.29) is 5.56 Å². The van der Waals surface area contributed by atoms with Crippen molar-refractivity contribution in [3.05, 3.63) is 53.2 Å². The van der Waals surface area contributed by atoms with Gasteiger partial charge in [0, 0.05) is 31.4 Å². The molecule has 0 saturated carbocycles. The molecule has 0 spiro atoms.